The normalized spacial score (nSPS) is 16.0. The van der Waals surface area contributed by atoms with Crippen LogP contribution in [0.15, 0.2) is 66.7 Å². The van der Waals surface area contributed by atoms with Crippen molar-refractivity contribution in [3.63, 3.8) is 0 Å². The fourth-order valence-corrected chi connectivity index (χ4v) is 3.83. The molecule has 4 aromatic rings. The minimum atomic E-state index is -2.83. The molecule has 0 aliphatic rings. The highest BCUT2D eigenvalue weighted by atomic mass is 16.5. The molecule has 1 unspecified atom stereocenters. The van der Waals surface area contributed by atoms with Crippen LogP contribution >= 0.6 is 0 Å². The largest absolute Gasteiger partial charge is 0.493 e. The molecule has 0 saturated heterocycles. The molecule has 6 heteroatoms. The predicted octanol–water partition coefficient (Wildman–Crippen LogP) is 4.86. The number of hydrogen-bond acceptors (Lipinski definition) is 5. The van der Waals surface area contributed by atoms with Crippen LogP contribution in [0, 0.1) is 0 Å². The third kappa shape index (κ3) is 5.41. The number of benzene rings is 3. The molecule has 1 atom stereocenters. The Bertz CT molecular complexity index is 1370. The van der Waals surface area contributed by atoms with Crippen LogP contribution in [-0.2, 0) is 0 Å². The molecule has 2 N–H and O–H groups in total. The number of ether oxygens (including phenoxy) is 3. The van der Waals surface area contributed by atoms with Gasteiger partial charge in [-0.05, 0) is 44.0 Å². The van der Waals surface area contributed by atoms with Crippen molar-refractivity contribution in [2.75, 3.05) is 33.4 Å². The van der Waals surface area contributed by atoms with Crippen molar-refractivity contribution in [2.45, 2.75) is 25.8 Å². The summed E-state index contributed by atoms with van der Waals surface area (Å²) < 4.78 is 64.6. The van der Waals surface area contributed by atoms with E-state index in [1.54, 1.807) is 30.3 Å². The smallest absolute Gasteiger partial charge is 0.161 e. The van der Waals surface area contributed by atoms with Crippen molar-refractivity contribution < 1.29 is 27.5 Å². The average Bonchev–Trinajstić information content (AvgIpc) is 3.25. The van der Waals surface area contributed by atoms with Gasteiger partial charge in [-0.25, -0.2) is 0 Å². The molecule has 6 nitrogen and oxygen atoms in total. The lowest BCUT2D eigenvalue weighted by molar-refractivity contribution is 0.0521. The van der Waals surface area contributed by atoms with Crippen LogP contribution in [0.1, 0.15) is 21.9 Å². The monoisotopic (exact) mass is 454 g/mol. The van der Waals surface area contributed by atoms with E-state index in [0.29, 0.717) is 17.2 Å². The van der Waals surface area contributed by atoms with Crippen molar-refractivity contribution in [1.82, 2.24) is 9.88 Å². The fraction of sp³-hybridized carbons (Fsp3) is 0.333. The lowest BCUT2D eigenvalue weighted by Crippen LogP contribution is -2.41. The Kier molecular flexibility index (Phi) is 5.27. The molecule has 0 amide bonds. The number of para-hydroxylation sites is 3. The molecule has 0 saturated carbocycles. The van der Waals surface area contributed by atoms with Crippen LogP contribution < -0.4 is 14.2 Å². The number of methoxy groups -OCH3 is 1. The molecule has 4 rings (SSSR count). The lowest BCUT2D eigenvalue weighted by Gasteiger charge is -2.28. The van der Waals surface area contributed by atoms with Gasteiger partial charge in [-0.15, -0.1) is 0 Å². The minimum absolute atomic E-state index is 0.0226. The standard InChI is InChI=1S/C27H32N2O4/c1-19(2)29(15-16-32-25-13-7-6-12-24(25)31-3)17-20(30)18-33-26-14-8-11-23-27(26)21-9-4-5-10-22(21)28-23/h4-14,19-20,28,30H,15-18H2,1-3H3/i1D3,2D3. The molecule has 0 radical (unpaired) electrons. The van der Waals surface area contributed by atoms with Gasteiger partial charge < -0.3 is 24.3 Å². The Morgan fingerprint density at radius 2 is 1.64 bits per heavy atom. The van der Waals surface area contributed by atoms with Crippen LogP contribution in [0.4, 0.5) is 0 Å². The zero-order chi connectivity index (χ0) is 28.2. The highest BCUT2D eigenvalue weighted by molar-refractivity contribution is 6.10. The number of rotatable bonds is 11. The van der Waals surface area contributed by atoms with Gasteiger partial charge in [0.15, 0.2) is 11.5 Å². The molecular weight excluding hydrogens is 416 g/mol. The van der Waals surface area contributed by atoms with Gasteiger partial charge in [0.2, 0.25) is 0 Å². The summed E-state index contributed by atoms with van der Waals surface area (Å²) in [6, 6.07) is 18.5. The number of fused-ring (bicyclic) bond motifs is 3. The highest BCUT2D eigenvalue weighted by Crippen LogP contribution is 2.33. The second-order valence-corrected chi connectivity index (χ2v) is 7.71. The van der Waals surface area contributed by atoms with Crippen molar-refractivity contribution in [3.8, 4) is 17.2 Å². The first-order chi connectivity index (χ1) is 18.5. The van der Waals surface area contributed by atoms with Gasteiger partial charge in [0.05, 0.1) is 12.6 Å². The molecule has 1 heterocycles. The number of aliphatic hydroxyl groups is 1. The zero-order valence-electron chi connectivity index (χ0n) is 24.5. The summed E-state index contributed by atoms with van der Waals surface area (Å²) in [5, 5.41) is 12.7. The topological polar surface area (TPSA) is 67.0 Å². The number of aliphatic hydroxyl groups excluding tert-OH is 1. The first-order valence-electron chi connectivity index (χ1n) is 13.8. The van der Waals surface area contributed by atoms with E-state index in [4.69, 9.17) is 22.4 Å². The highest BCUT2D eigenvalue weighted by Gasteiger charge is 2.17. The fourth-order valence-electron chi connectivity index (χ4n) is 3.83. The van der Waals surface area contributed by atoms with Crippen LogP contribution in [-0.4, -0.2) is 60.5 Å². The van der Waals surface area contributed by atoms with Crippen molar-refractivity contribution in [2.24, 2.45) is 0 Å². The van der Waals surface area contributed by atoms with Crippen LogP contribution in [0.25, 0.3) is 21.8 Å². The molecule has 0 spiro atoms. The van der Waals surface area contributed by atoms with Gasteiger partial charge in [-0.3, -0.25) is 4.90 Å². The zero-order valence-corrected chi connectivity index (χ0v) is 18.5. The molecule has 0 bridgehead atoms. The van der Waals surface area contributed by atoms with Gasteiger partial charge in [0, 0.05) is 43.6 Å². The third-order valence-electron chi connectivity index (χ3n) is 5.44. The number of aromatic nitrogens is 1. The Morgan fingerprint density at radius 3 is 2.45 bits per heavy atom. The van der Waals surface area contributed by atoms with E-state index >= 15 is 0 Å². The van der Waals surface area contributed by atoms with E-state index in [0.717, 1.165) is 21.8 Å². The minimum Gasteiger partial charge on any atom is -0.493 e. The van der Waals surface area contributed by atoms with E-state index in [1.165, 1.54) is 12.0 Å². The maximum atomic E-state index is 10.9. The second-order valence-electron chi connectivity index (χ2n) is 7.71. The maximum absolute atomic E-state index is 10.9. The van der Waals surface area contributed by atoms with E-state index in [-0.39, 0.29) is 26.3 Å². The number of H-pyrrole nitrogens is 1. The molecule has 174 valence electrons. The quantitative estimate of drug-likeness (QED) is 0.339. The molecule has 0 aliphatic carbocycles. The van der Waals surface area contributed by atoms with Gasteiger partial charge in [-0.1, -0.05) is 36.4 Å². The third-order valence-corrected chi connectivity index (χ3v) is 5.44. The Morgan fingerprint density at radius 1 is 0.909 bits per heavy atom. The SMILES string of the molecule is [2H]C([2H])([2H])C(N(CCOc1ccccc1OC)CC(O)COc1cccc2[nH]c3ccccc3c12)C([2H])([2H])[2H]. The molecule has 0 fully saturated rings. The predicted molar refractivity (Wildman–Crippen MR) is 133 cm³/mol. The molecule has 3 aromatic carbocycles. The molecule has 0 aliphatic heterocycles. The van der Waals surface area contributed by atoms with Gasteiger partial charge in [-0.2, -0.15) is 0 Å². The average molecular weight is 455 g/mol. The summed E-state index contributed by atoms with van der Waals surface area (Å²) in [5.41, 5.74) is 1.83. The van der Waals surface area contributed by atoms with E-state index in [9.17, 15) is 5.11 Å². The van der Waals surface area contributed by atoms with Crippen molar-refractivity contribution >= 4 is 21.8 Å². The summed E-state index contributed by atoms with van der Waals surface area (Å²) in [7, 11) is 1.50. The van der Waals surface area contributed by atoms with Crippen molar-refractivity contribution in [1.29, 1.82) is 0 Å². The maximum Gasteiger partial charge on any atom is 0.161 e. The van der Waals surface area contributed by atoms with Crippen LogP contribution in [0.2, 0.25) is 0 Å². The summed E-state index contributed by atoms with van der Waals surface area (Å²) in [5.74, 6) is 1.49. The van der Waals surface area contributed by atoms with Gasteiger partial charge in [0.1, 0.15) is 25.1 Å². The lowest BCUT2D eigenvalue weighted by atomic mass is 10.1. The molecule has 1 aromatic heterocycles. The van der Waals surface area contributed by atoms with Crippen LogP contribution in [0.5, 0.6) is 17.2 Å². The first kappa shape index (κ1) is 16.4. The Labute approximate surface area is 203 Å². The summed E-state index contributed by atoms with van der Waals surface area (Å²) in [4.78, 5) is 4.56. The van der Waals surface area contributed by atoms with E-state index in [1.807, 2.05) is 36.4 Å². The number of hydrogen-bond donors (Lipinski definition) is 2. The number of aromatic amines is 1. The first-order valence-corrected chi connectivity index (χ1v) is 10.8. The Balaban J connectivity index is 1.50. The summed E-state index contributed by atoms with van der Waals surface area (Å²) in [6.07, 6.45) is -1.18. The molecule has 33 heavy (non-hydrogen) atoms. The molecular formula is C27H32N2O4. The van der Waals surface area contributed by atoms with Gasteiger partial charge in [0.25, 0.3) is 0 Å². The van der Waals surface area contributed by atoms with Gasteiger partial charge >= 0.3 is 0 Å². The number of nitrogens with zero attached hydrogens (tertiary/aromatic N) is 1. The van der Waals surface area contributed by atoms with E-state index < -0.39 is 25.8 Å². The summed E-state index contributed by atoms with van der Waals surface area (Å²) in [6.45, 7) is -6.16. The number of nitrogens with one attached hydrogen (secondary N) is 1. The Hall–Kier alpha value is -3.22. The van der Waals surface area contributed by atoms with E-state index in [2.05, 4.69) is 4.98 Å². The van der Waals surface area contributed by atoms with Crippen LogP contribution in [0.3, 0.4) is 0 Å². The summed E-state index contributed by atoms with van der Waals surface area (Å²) >= 11 is 0. The van der Waals surface area contributed by atoms with Crippen molar-refractivity contribution in [3.05, 3.63) is 66.7 Å². The second kappa shape index (κ2) is 10.6.